The Kier molecular flexibility index (Phi) is 3.92. The lowest BCUT2D eigenvalue weighted by Gasteiger charge is -2.16. The Bertz CT molecular complexity index is 1000. The molecular weight excluding hydrogens is 336 g/mol. The van der Waals surface area contributed by atoms with E-state index in [-0.39, 0.29) is 11.4 Å². The van der Waals surface area contributed by atoms with Gasteiger partial charge in [0.1, 0.15) is 5.56 Å². The van der Waals surface area contributed by atoms with Crippen LogP contribution in [0.25, 0.3) is 22.3 Å². The molecule has 4 rings (SSSR count). The highest BCUT2D eigenvalue weighted by Gasteiger charge is 2.24. The maximum atomic E-state index is 12.8. The van der Waals surface area contributed by atoms with Gasteiger partial charge in [0.05, 0.1) is 0 Å². The summed E-state index contributed by atoms with van der Waals surface area (Å²) in [4.78, 5) is 12.8. The summed E-state index contributed by atoms with van der Waals surface area (Å²) in [5.41, 5.74) is 4.04. The number of benzene rings is 2. The van der Waals surface area contributed by atoms with E-state index in [1.807, 2.05) is 49.4 Å². The number of nitrogens with zero attached hydrogens (tertiary/aromatic N) is 2. The molecule has 0 saturated carbocycles. The first-order valence-corrected chi connectivity index (χ1v) is 8.83. The minimum atomic E-state index is -0.117. The fourth-order valence-electron chi connectivity index (χ4n) is 3.50. The van der Waals surface area contributed by atoms with E-state index in [1.54, 1.807) is 9.36 Å². The molecule has 4 nitrogen and oxygen atoms in total. The first-order valence-electron chi connectivity index (χ1n) is 8.46. The molecule has 0 fully saturated rings. The number of hydrogen-bond acceptors (Lipinski definition) is 2. The van der Waals surface area contributed by atoms with E-state index in [0.717, 1.165) is 35.1 Å². The van der Waals surface area contributed by atoms with E-state index >= 15 is 0 Å². The quantitative estimate of drug-likeness (QED) is 0.739. The van der Waals surface area contributed by atoms with Crippen LogP contribution in [-0.2, 0) is 13.1 Å². The van der Waals surface area contributed by atoms with Gasteiger partial charge in [0, 0.05) is 18.1 Å². The first kappa shape index (κ1) is 16.0. The summed E-state index contributed by atoms with van der Waals surface area (Å²) in [6, 6.07) is 13.6. The highest BCUT2D eigenvalue weighted by molar-refractivity contribution is 6.30. The van der Waals surface area contributed by atoms with Crippen molar-refractivity contribution in [2.75, 3.05) is 0 Å². The normalized spacial score (nSPS) is 13.7. The SMILES string of the molecule is Cc1ccc(-c2ccc(Cl)cc2)cc1-c1c(O)n2n(c1=O)CCCC2. The van der Waals surface area contributed by atoms with Gasteiger partial charge in [-0.25, -0.2) is 4.68 Å². The van der Waals surface area contributed by atoms with Crippen LogP contribution in [0.3, 0.4) is 0 Å². The third kappa shape index (κ3) is 2.67. The molecule has 3 aromatic rings. The summed E-state index contributed by atoms with van der Waals surface area (Å²) in [7, 11) is 0. The van der Waals surface area contributed by atoms with Crippen molar-refractivity contribution in [3.63, 3.8) is 0 Å². The van der Waals surface area contributed by atoms with Gasteiger partial charge < -0.3 is 5.11 Å². The number of fused-ring (bicyclic) bond motifs is 1. The Labute approximate surface area is 150 Å². The van der Waals surface area contributed by atoms with Gasteiger partial charge in [-0.2, -0.15) is 0 Å². The summed E-state index contributed by atoms with van der Waals surface area (Å²) < 4.78 is 3.36. The van der Waals surface area contributed by atoms with Crippen LogP contribution < -0.4 is 5.56 Å². The fraction of sp³-hybridized carbons (Fsp3) is 0.250. The topological polar surface area (TPSA) is 47.2 Å². The van der Waals surface area contributed by atoms with Gasteiger partial charge in [0.2, 0.25) is 5.88 Å². The molecule has 0 atom stereocenters. The molecule has 0 spiro atoms. The largest absolute Gasteiger partial charge is 0.493 e. The summed E-state index contributed by atoms with van der Waals surface area (Å²) in [5, 5.41) is 11.3. The predicted molar refractivity (Wildman–Crippen MR) is 100 cm³/mol. The van der Waals surface area contributed by atoms with E-state index in [9.17, 15) is 9.90 Å². The lowest BCUT2D eigenvalue weighted by molar-refractivity contribution is 0.305. The zero-order valence-corrected chi connectivity index (χ0v) is 14.8. The van der Waals surface area contributed by atoms with Gasteiger partial charge >= 0.3 is 0 Å². The second-order valence-corrected chi connectivity index (χ2v) is 6.93. The molecule has 0 unspecified atom stereocenters. The fourth-order valence-corrected chi connectivity index (χ4v) is 3.62. The third-order valence-corrected chi connectivity index (χ3v) is 5.13. The van der Waals surface area contributed by atoms with E-state index in [4.69, 9.17) is 11.6 Å². The molecule has 25 heavy (non-hydrogen) atoms. The monoisotopic (exact) mass is 354 g/mol. The average molecular weight is 355 g/mol. The molecule has 2 aromatic carbocycles. The minimum absolute atomic E-state index is 0.0704. The maximum Gasteiger partial charge on any atom is 0.278 e. The molecule has 0 bridgehead atoms. The van der Waals surface area contributed by atoms with Crippen molar-refractivity contribution in [3.05, 3.63) is 63.4 Å². The Morgan fingerprint density at radius 3 is 2.28 bits per heavy atom. The standard InChI is InChI=1S/C20H19ClN2O2/c1-13-4-5-15(14-6-8-16(21)9-7-14)12-17(13)18-19(24)22-10-2-3-11-23(22)20(18)25/h4-9,12,24H,2-3,10-11H2,1H3. The molecule has 1 N–H and O–H groups in total. The number of aromatic hydroxyl groups is 1. The molecule has 1 aromatic heterocycles. The average Bonchev–Trinajstić information content (AvgIpc) is 2.88. The zero-order valence-electron chi connectivity index (χ0n) is 14.0. The number of rotatable bonds is 2. The van der Waals surface area contributed by atoms with E-state index < -0.39 is 0 Å². The Balaban J connectivity index is 1.89. The molecule has 5 heteroatoms. The van der Waals surface area contributed by atoms with Crippen LogP contribution in [0.5, 0.6) is 5.88 Å². The molecule has 0 radical (unpaired) electrons. The van der Waals surface area contributed by atoms with Gasteiger partial charge in [-0.1, -0.05) is 35.9 Å². The highest BCUT2D eigenvalue weighted by atomic mass is 35.5. The van der Waals surface area contributed by atoms with E-state index in [1.165, 1.54) is 0 Å². The Hall–Kier alpha value is -2.46. The number of aryl methyl sites for hydroxylation is 1. The third-order valence-electron chi connectivity index (χ3n) is 4.88. The maximum absolute atomic E-state index is 12.8. The van der Waals surface area contributed by atoms with E-state index in [2.05, 4.69) is 0 Å². The lowest BCUT2D eigenvalue weighted by atomic mass is 9.96. The summed E-state index contributed by atoms with van der Waals surface area (Å²) in [6.45, 7) is 3.29. The van der Waals surface area contributed by atoms with Crippen molar-refractivity contribution >= 4 is 11.6 Å². The van der Waals surface area contributed by atoms with Crippen LogP contribution in [0.2, 0.25) is 5.02 Å². The van der Waals surface area contributed by atoms with Crippen LogP contribution in [0.4, 0.5) is 0 Å². The van der Waals surface area contributed by atoms with Gasteiger partial charge in [-0.15, -0.1) is 0 Å². The van der Waals surface area contributed by atoms with Gasteiger partial charge in [-0.05, 0) is 60.2 Å². The van der Waals surface area contributed by atoms with Gasteiger partial charge in [0.15, 0.2) is 0 Å². The predicted octanol–water partition coefficient (Wildman–Crippen LogP) is 4.45. The van der Waals surface area contributed by atoms with Crippen molar-refractivity contribution in [1.29, 1.82) is 0 Å². The molecule has 1 aliphatic heterocycles. The minimum Gasteiger partial charge on any atom is -0.493 e. The van der Waals surface area contributed by atoms with Crippen LogP contribution in [0.1, 0.15) is 18.4 Å². The Morgan fingerprint density at radius 2 is 1.60 bits per heavy atom. The number of hydrogen-bond donors (Lipinski definition) is 1. The Morgan fingerprint density at radius 1 is 0.960 bits per heavy atom. The first-order chi connectivity index (χ1) is 12.1. The molecule has 1 aliphatic rings. The van der Waals surface area contributed by atoms with Crippen LogP contribution in [0, 0.1) is 6.92 Å². The van der Waals surface area contributed by atoms with Crippen molar-refractivity contribution in [3.8, 4) is 28.1 Å². The molecule has 0 saturated heterocycles. The number of aromatic nitrogens is 2. The number of halogens is 1. The zero-order chi connectivity index (χ0) is 17.6. The molecule has 2 heterocycles. The summed E-state index contributed by atoms with van der Waals surface area (Å²) >= 11 is 5.97. The van der Waals surface area contributed by atoms with Crippen LogP contribution >= 0.6 is 11.6 Å². The molecule has 128 valence electrons. The van der Waals surface area contributed by atoms with Gasteiger partial charge in [0.25, 0.3) is 5.56 Å². The van der Waals surface area contributed by atoms with Crippen molar-refractivity contribution in [2.45, 2.75) is 32.9 Å². The van der Waals surface area contributed by atoms with Crippen molar-refractivity contribution in [2.24, 2.45) is 0 Å². The van der Waals surface area contributed by atoms with Crippen molar-refractivity contribution in [1.82, 2.24) is 9.36 Å². The molecule has 0 amide bonds. The van der Waals surface area contributed by atoms with Crippen molar-refractivity contribution < 1.29 is 5.11 Å². The summed E-state index contributed by atoms with van der Waals surface area (Å²) in [6.07, 6.45) is 1.94. The molecular formula is C20H19ClN2O2. The van der Waals surface area contributed by atoms with Gasteiger partial charge in [-0.3, -0.25) is 9.48 Å². The second kappa shape index (κ2) is 6.12. The highest BCUT2D eigenvalue weighted by Crippen LogP contribution is 2.34. The van der Waals surface area contributed by atoms with Crippen LogP contribution in [0.15, 0.2) is 47.3 Å². The summed E-state index contributed by atoms with van der Waals surface area (Å²) in [5.74, 6) is 0.0704. The molecule has 0 aliphatic carbocycles. The second-order valence-electron chi connectivity index (χ2n) is 6.49. The van der Waals surface area contributed by atoms with E-state index in [0.29, 0.717) is 23.7 Å². The smallest absolute Gasteiger partial charge is 0.278 e. The van der Waals surface area contributed by atoms with Crippen LogP contribution in [-0.4, -0.2) is 14.5 Å². The lowest BCUT2D eigenvalue weighted by Crippen LogP contribution is -2.27.